The first kappa shape index (κ1) is 12.3. The van der Waals surface area contributed by atoms with Gasteiger partial charge in [-0.05, 0) is 39.3 Å². The third kappa shape index (κ3) is 2.96. The van der Waals surface area contributed by atoms with Crippen molar-refractivity contribution in [2.45, 2.75) is 63.8 Å². The summed E-state index contributed by atoms with van der Waals surface area (Å²) in [6.45, 7) is 7.37. The van der Waals surface area contributed by atoms with Gasteiger partial charge in [-0.2, -0.15) is 0 Å². The van der Waals surface area contributed by atoms with Gasteiger partial charge in [0, 0.05) is 6.42 Å². The van der Waals surface area contributed by atoms with E-state index in [-0.39, 0.29) is 5.60 Å². The summed E-state index contributed by atoms with van der Waals surface area (Å²) in [5.74, 6) is 0. The predicted octanol–water partition coefficient (Wildman–Crippen LogP) is 2.10. The second-order valence-corrected chi connectivity index (χ2v) is 5.31. The number of hydrogen-bond acceptors (Lipinski definition) is 3. The minimum Gasteiger partial charge on any atom is -0.373 e. The van der Waals surface area contributed by atoms with Crippen LogP contribution >= 0.6 is 0 Å². The van der Waals surface area contributed by atoms with E-state index in [2.05, 4.69) is 19.2 Å². The number of piperidine rings is 1. The van der Waals surface area contributed by atoms with Crippen molar-refractivity contribution in [1.82, 2.24) is 5.32 Å². The summed E-state index contributed by atoms with van der Waals surface area (Å²) in [6.07, 6.45) is 6.47. The van der Waals surface area contributed by atoms with Crippen molar-refractivity contribution in [2.75, 3.05) is 19.7 Å². The molecule has 3 nitrogen and oxygen atoms in total. The molecule has 1 N–H and O–H groups in total. The van der Waals surface area contributed by atoms with E-state index in [1.807, 2.05) is 0 Å². The van der Waals surface area contributed by atoms with Gasteiger partial charge in [-0.15, -0.1) is 0 Å². The third-order valence-electron chi connectivity index (χ3n) is 3.81. The van der Waals surface area contributed by atoms with Crippen LogP contribution in [0, 0.1) is 0 Å². The van der Waals surface area contributed by atoms with Gasteiger partial charge in [0.1, 0.15) is 0 Å². The molecule has 16 heavy (non-hydrogen) atoms. The van der Waals surface area contributed by atoms with E-state index >= 15 is 0 Å². The molecule has 2 unspecified atom stereocenters. The van der Waals surface area contributed by atoms with Crippen molar-refractivity contribution >= 4 is 0 Å². The maximum absolute atomic E-state index is 6.03. The second-order valence-electron chi connectivity index (χ2n) is 5.31. The SMILES string of the molecule is CCCC(C)OC1COC2(CCNCC2)C1. The van der Waals surface area contributed by atoms with Crippen LogP contribution in [0.5, 0.6) is 0 Å². The molecule has 0 radical (unpaired) electrons. The summed E-state index contributed by atoms with van der Waals surface area (Å²) in [5.41, 5.74) is 0.141. The molecule has 0 amide bonds. The standard InChI is InChI=1S/C13H25NO2/c1-3-4-11(2)16-12-9-13(15-10-12)5-7-14-8-6-13/h11-12,14H,3-10H2,1-2H3. The second kappa shape index (κ2) is 5.48. The molecule has 2 saturated heterocycles. The molecule has 94 valence electrons. The number of rotatable bonds is 4. The molecular formula is C13H25NO2. The Morgan fingerprint density at radius 2 is 2.19 bits per heavy atom. The first-order valence-corrected chi connectivity index (χ1v) is 6.74. The van der Waals surface area contributed by atoms with Gasteiger partial charge < -0.3 is 14.8 Å². The number of hydrogen-bond donors (Lipinski definition) is 1. The Morgan fingerprint density at radius 1 is 1.44 bits per heavy atom. The lowest BCUT2D eigenvalue weighted by Gasteiger charge is -2.32. The van der Waals surface area contributed by atoms with E-state index in [4.69, 9.17) is 9.47 Å². The van der Waals surface area contributed by atoms with Gasteiger partial charge in [-0.1, -0.05) is 13.3 Å². The average molecular weight is 227 g/mol. The van der Waals surface area contributed by atoms with Crippen molar-refractivity contribution in [2.24, 2.45) is 0 Å². The molecule has 3 heteroatoms. The Bertz CT molecular complexity index is 214. The van der Waals surface area contributed by atoms with Crippen LogP contribution in [0.25, 0.3) is 0 Å². The quantitative estimate of drug-likeness (QED) is 0.798. The Hall–Kier alpha value is -0.120. The van der Waals surface area contributed by atoms with Crippen LogP contribution in [0.4, 0.5) is 0 Å². The lowest BCUT2D eigenvalue weighted by Crippen LogP contribution is -2.41. The molecule has 2 aliphatic rings. The molecule has 2 rings (SSSR count). The van der Waals surface area contributed by atoms with E-state index in [1.54, 1.807) is 0 Å². The highest BCUT2D eigenvalue weighted by Gasteiger charge is 2.41. The summed E-state index contributed by atoms with van der Waals surface area (Å²) in [4.78, 5) is 0. The maximum Gasteiger partial charge on any atom is 0.0839 e. The van der Waals surface area contributed by atoms with Crippen LogP contribution in [-0.4, -0.2) is 37.5 Å². The lowest BCUT2D eigenvalue weighted by molar-refractivity contribution is -0.0306. The van der Waals surface area contributed by atoms with Gasteiger partial charge in [0.05, 0.1) is 24.4 Å². The average Bonchev–Trinajstić information content (AvgIpc) is 2.63. The molecule has 0 bridgehead atoms. The van der Waals surface area contributed by atoms with Crippen LogP contribution in [0.2, 0.25) is 0 Å². The van der Waals surface area contributed by atoms with Crippen molar-refractivity contribution < 1.29 is 9.47 Å². The van der Waals surface area contributed by atoms with Gasteiger partial charge >= 0.3 is 0 Å². The summed E-state index contributed by atoms with van der Waals surface area (Å²) in [7, 11) is 0. The molecular weight excluding hydrogens is 202 g/mol. The Morgan fingerprint density at radius 3 is 2.88 bits per heavy atom. The maximum atomic E-state index is 6.03. The van der Waals surface area contributed by atoms with Gasteiger partial charge in [-0.25, -0.2) is 0 Å². The first-order valence-electron chi connectivity index (χ1n) is 6.74. The Labute approximate surface area is 98.9 Å². The molecule has 2 atom stereocenters. The van der Waals surface area contributed by atoms with Crippen molar-refractivity contribution in [3.63, 3.8) is 0 Å². The molecule has 0 saturated carbocycles. The fourth-order valence-corrected chi connectivity index (χ4v) is 2.92. The zero-order valence-corrected chi connectivity index (χ0v) is 10.6. The molecule has 2 aliphatic heterocycles. The normalized spacial score (nSPS) is 30.8. The summed E-state index contributed by atoms with van der Waals surface area (Å²) < 4.78 is 12.0. The largest absolute Gasteiger partial charge is 0.373 e. The number of nitrogens with one attached hydrogen (secondary N) is 1. The lowest BCUT2D eigenvalue weighted by atomic mass is 9.89. The van der Waals surface area contributed by atoms with Gasteiger partial charge in [0.2, 0.25) is 0 Å². The topological polar surface area (TPSA) is 30.5 Å². The smallest absolute Gasteiger partial charge is 0.0839 e. The summed E-state index contributed by atoms with van der Waals surface area (Å²) >= 11 is 0. The fourth-order valence-electron chi connectivity index (χ4n) is 2.92. The van der Waals surface area contributed by atoms with Gasteiger partial charge in [-0.3, -0.25) is 0 Å². The van der Waals surface area contributed by atoms with Crippen molar-refractivity contribution in [3.8, 4) is 0 Å². The minimum absolute atomic E-state index is 0.141. The summed E-state index contributed by atoms with van der Waals surface area (Å²) in [6, 6.07) is 0. The van der Waals surface area contributed by atoms with Crippen molar-refractivity contribution in [1.29, 1.82) is 0 Å². The van der Waals surface area contributed by atoms with E-state index in [9.17, 15) is 0 Å². The van der Waals surface area contributed by atoms with Crippen molar-refractivity contribution in [3.05, 3.63) is 0 Å². The van der Waals surface area contributed by atoms with Crippen LogP contribution in [0.1, 0.15) is 46.0 Å². The first-order chi connectivity index (χ1) is 7.74. The van der Waals surface area contributed by atoms with Crippen LogP contribution in [0.15, 0.2) is 0 Å². The molecule has 0 aromatic carbocycles. The fraction of sp³-hybridized carbons (Fsp3) is 1.00. The zero-order chi connectivity index (χ0) is 11.4. The highest BCUT2D eigenvalue weighted by atomic mass is 16.6. The highest BCUT2D eigenvalue weighted by Crippen LogP contribution is 2.35. The highest BCUT2D eigenvalue weighted by molar-refractivity contribution is 4.93. The third-order valence-corrected chi connectivity index (χ3v) is 3.81. The molecule has 0 aromatic heterocycles. The van der Waals surface area contributed by atoms with E-state index < -0.39 is 0 Å². The molecule has 1 spiro atoms. The molecule has 2 heterocycles. The van der Waals surface area contributed by atoms with E-state index in [0.717, 1.165) is 45.4 Å². The number of ether oxygens (including phenoxy) is 2. The molecule has 0 aliphatic carbocycles. The Kier molecular flexibility index (Phi) is 4.22. The molecule has 2 fully saturated rings. The van der Waals surface area contributed by atoms with E-state index in [1.165, 1.54) is 6.42 Å². The van der Waals surface area contributed by atoms with E-state index in [0.29, 0.717) is 12.2 Å². The predicted molar refractivity (Wildman–Crippen MR) is 64.6 cm³/mol. The summed E-state index contributed by atoms with van der Waals surface area (Å²) in [5, 5.41) is 3.39. The molecule has 0 aromatic rings. The minimum atomic E-state index is 0.141. The van der Waals surface area contributed by atoms with Gasteiger partial charge in [0.25, 0.3) is 0 Å². The van der Waals surface area contributed by atoms with Crippen LogP contribution in [0.3, 0.4) is 0 Å². The monoisotopic (exact) mass is 227 g/mol. The zero-order valence-electron chi connectivity index (χ0n) is 10.6. The van der Waals surface area contributed by atoms with Gasteiger partial charge in [0.15, 0.2) is 0 Å². The van der Waals surface area contributed by atoms with Crippen LogP contribution in [-0.2, 0) is 9.47 Å². The van der Waals surface area contributed by atoms with Crippen LogP contribution < -0.4 is 5.32 Å². The Balaban J connectivity index is 1.78.